The minimum Gasteiger partial charge on any atom is -0.276 e. The average Bonchev–Trinajstić information content (AvgIpc) is 2.73. The Balaban J connectivity index is 2.10. The Labute approximate surface area is 109 Å². The quantitative estimate of drug-likeness (QED) is 0.819. The first-order chi connectivity index (χ1) is 8.47. The standard InChI is InChI=1S/C9H10ClN5O2S/c1-15-3-2-7(14-15)4-13-18(16,17)8-5-11-9(10)12-6-8/h2-3,5-6,13H,4H2,1H3. The van der Waals surface area contributed by atoms with Gasteiger partial charge in [-0.15, -0.1) is 0 Å². The molecule has 2 rings (SSSR count). The van der Waals surface area contributed by atoms with Gasteiger partial charge in [-0.05, 0) is 17.7 Å². The lowest BCUT2D eigenvalue weighted by molar-refractivity contribution is 0.578. The van der Waals surface area contributed by atoms with Gasteiger partial charge in [0.25, 0.3) is 0 Å². The SMILES string of the molecule is Cn1ccc(CNS(=O)(=O)c2cnc(Cl)nc2)n1. The van der Waals surface area contributed by atoms with Crippen molar-refractivity contribution in [3.8, 4) is 0 Å². The van der Waals surface area contributed by atoms with Gasteiger partial charge < -0.3 is 0 Å². The Kier molecular flexibility index (Phi) is 3.60. The highest BCUT2D eigenvalue weighted by molar-refractivity contribution is 7.89. The number of nitrogens with zero attached hydrogens (tertiary/aromatic N) is 4. The van der Waals surface area contributed by atoms with Crippen LogP contribution in [0.5, 0.6) is 0 Å². The van der Waals surface area contributed by atoms with Gasteiger partial charge in [0.05, 0.1) is 24.6 Å². The number of nitrogens with one attached hydrogen (secondary N) is 1. The predicted molar refractivity (Wildman–Crippen MR) is 64.3 cm³/mol. The molecule has 0 aliphatic rings. The van der Waals surface area contributed by atoms with Crippen molar-refractivity contribution in [3.05, 3.63) is 35.6 Å². The lowest BCUT2D eigenvalue weighted by Gasteiger charge is -2.04. The molecular weight excluding hydrogens is 278 g/mol. The van der Waals surface area contributed by atoms with E-state index in [9.17, 15) is 8.42 Å². The molecule has 2 heterocycles. The van der Waals surface area contributed by atoms with E-state index in [4.69, 9.17) is 11.6 Å². The minimum atomic E-state index is -3.65. The number of hydrogen-bond donors (Lipinski definition) is 1. The summed E-state index contributed by atoms with van der Waals surface area (Å²) < 4.78 is 27.7. The summed E-state index contributed by atoms with van der Waals surface area (Å²) in [6, 6.07) is 1.72. The van der Waals surface area contributed by atoms with Crippen LogP contribution in [0.15, 0.2) is 29.6 Å². The Bertz CT molecular complexity index is 637. The van der Waals surface area contributed by atoms with E-state index in [1.165, 1.54) is 0 Å². The summed E-state index contributed by atoms with van der Waals surface area (Å²) in [6.45, 7) is 0.103. The predicted octanol–water partition coefficient (Wildman–Crippen LogP) is 0.342. The maximum atomic E-state index is 11.9. The van der Waals surface area contributed by atoms with E-state index >= 15 is 0 Å². The first-order valence-electron chi connectivity index (χ1n) is 4.93. The molecule has 0 aliphatic carbocycles. The van der Waals surface area contributed by atoms with Gasteiger partial charge >= 0.3 is 0 Å². The molecule has 2 aromatic rings. The molecule has 0 amide bonds. The van der Waals surface area contributed by atoms with Crippen LogP contribution in [0.4, 0.5) is 0 Å². The molecule has 96 valence electrons. The first kappa shape index (κ1) is 12.9. The van der Waals surface area contributed by atoms with E-state index in [2.05, 4.69) is 19.8 Å². The maximum Gasteiger partial charge on any atom is 0.243 e. The number of rotatable bonds is 4. The fraction of sp³-hybridized carbons (Fsp3) is 0.222. The van der Waals surface area contributed by atoms with Crippen LogP contribution in [-0.2, 0) is 23.6 Å². The number of aromatic nitrogens is 4. The van der Waals surface area contributed by atoms with Gasteiger partial charge in [-0.25, -0.2) is 23.1 Å². The summed E-state index contributed by atoms with van der Waals surface area (Å²) in [4.78, 5) is 7.20. The van der Waals surface area contributed by atoms with Crippen molar-refractivity contribution < 1.29 is 8.42 Å². The Morgan fingerprint density at radius 3 is 2.61 bits per heavy atom. The topological polar surface area (TPSA) is 89.8 Å². The van der Waals surface area contributed by atoms with Crippen molar-refractivity contribution in [3.63, 3.8) is 0 Å². The Morgan fingerprint density at radius 2 is 2.06 bits per heavy atom. The van der Waals surface area contributed by atoms with E-state index in [1.807, 2.05) is 0 Å². The van der Waals surface area contributed by atoms with Crippen LogP contribution in [0.1, 0.15) is 5.69 Å². The van der Waals surface area contributed by atoms with Crippen molar-refractivity contribution >= 4 is 21.6 Å². The molecule has 0 fully saturated rings. The summed E-state index contributed by atoms with van der Waals surface area (Å²) >= 11 is 5.49. The van der Waals surface area contributed by atoms with E-state index in [-0.39, 0.29) is 16.7 Å². The molecule has 0 aromatic carbocycles. The summed E-state index contributed by atoms with van der Waals surface area (Å²) in [6.07, 6.45) is 4.03. The van der Waals surface area contributed by atoms with Crippen molar-refractivity contribution in [2.24, 2.45) is 7.05 Å². The Morgan fingerprint density at radius 1 is 1.39 bits per heavy atom. The second-order valence-electron chi connectivity index (χ2n) is 3.49. The number of hydrogen-bond acceptors (Lipinski definition) is 5. The minimum absolute atomic E-state index is 0.00123. The smallest absolute Gasteiger partial charge is 0.243 e. The third kappa shape index (κ3) is 3.03. The molecule has 0 aliphatic heterocycles. The number of sulfonamides is 1. The molecule has 18 heavy (non-hydrogen) atoms. The molecule has 0 saturated carbocycles. The average molecular weight is 288 g/mol. The maximum absolute atomic E-state index is 11.9. The lowest BCUT2D eigenvalue weighted by Crippen LogP contribution is -2.23. The highest BCUT2D eigenvalue weighted by atomic mass is 35.5. The normalized spacial score (nSPS) is 11.7. The van der Waals surface area contributed by atoms with E-state index < -0.39 is 10.0 Å². The first-order valence-corrected chi connectivity index (χ1v) is 6.79. The zero-order valence-electron chi connectivity index (χ0n) is 9.41. The third-order valence-corrected chi connectivity index (χ3v) is 3.67. The van der Waals surface area contributed by atoms with Crippen LogP contribution in [0.3, 0.4) is 0 Å². The highest BCUT2D eigenvalue weighted by Gasteiger charge is 2.15. The molecule has 0 bridgehead atoms. The highest BCUT2D eigenvalue weighted by Crippen LogP contribution is 2.08. The second kappa shape index (κ2) is 5.01. The van der Waals surface area contributed by atoms with Crippen LogP contribution in [0.2, 0.25) is 5.28 Å². The van der Waals surface area contributed by atoms with Crippen molar-refractivity contribution in [1.82, 2.24) is 24.5 Å². The molecule has 0 spiro atoms. The molecule has 0 atom stereocenters. The van der Waals surface area contributed by atoms with Gasteiger partial charge in [0, 0.05) is 13.2 Å². The Hall–Kier alpha value is -1.51. The van der Waals surface area contributed by atoms with Crippen LogP contribution in [0.25, 0.3) is 0 Å². The molecular formula is C9H10ClN5O2S. The molecule has 0 radical (unpaired) electrons. The molecule has 7 nitrogen and oxygen atoms in total. The molecule has 1 N–H and O–H groups in total. The third-order valence-electron chi connectivity index (χ3n) is 2.12. The van der Waals surface area contributed by atoms with Crippen LogP contribution < -0.4 is 4.72 Å². The number of halogens is 1. The monoisotopic (exact) mass is 287 g/mol. The van der Waals surface area contributed by atoms with Crippen molar-refractivity contribution in [1.29, 1.82) is 0 Å². The molecule has 0 saturated heterocycles. The van der Waals surface area contributed by atoms with Gasteiger partial charge in [-0.3, -0.25) is 4.68 Å². The fourth-order valence-corrected chi connectivity index (χ4v) is 2.23. The second-order valence-corrected chi connectivity index (χ2v) is 5.60. The van der Waals surface area contributed by atoms with Crippen LogP contribution >= 0.6 is 11.6 Å². The van der Waals surface area contributed by atoms with Gasteiger partial charge in [0.2, 0.25) is 15.3 Å². The summed E-state index contributed by atoms with van der Waals surface area (Å²) in [5.41, 5.74) is 0.621. The van der Waals surface area contributed by atoms with Gasteiger partial charge in [-0.1, -0.05) is 0 Å². The van der Waals surface area contributed by atoms with Gasteiger partial charge in [-0.2, -0.15) is 5.10 Å². The fourth-order valence-electron chi connectivity index (χ4n) is 1.25. The zero-order valence-corrected chi connectivity index (χ0v) is 11.0. The van der Waals surface area contributed by atoms with Gasteiger partial charge in [0.1, 0.15) is 4.90 Å². The molecule has 9 heteroatoms. The van der Waals surface area contributed by atoms with Crippen molar-refractivity contribution in [2.45, 2.75) is 11.4 Å². The van der Waals surface area contributed by atoms with Crippen molar-refractivity contribution in [2.75, 3.05) is 0 Å². The lowest BCUT2D eigenvalue weighted by atomic mass is 10.4. The summed E-state index contributed by atoms with van der Waals surface area (Å²) in [7, 11) is -1.89. The van der Waals surface area contributed by atoms with E-state index in [0.29, 0.717) is 5.69 Å². The number of aryl methyl sites for hydroxylation is 1. The van der Waals surface area contributed by atoms with E-state index in [0.717, 1.165) is 12.4 Å². The summed E-state index contributed by atoms with van der Waals surface area (Å²) in [5.74, 6) is 0. The molecule has 2 aromatic heterocycles. The molecule has 0 unspecified atom stereocenters. The van der Waals surface area contributed by atoms with Crippen LogP contribution in [0, 0.1) is 0 Å². The van der Waals surface area contributed by atoms with Gasteiger partial charge in [0.15, 0.2) is 0 Å². The van der Waals surface area contributed by atoms with Crippen LogP contribution in [-0.4, -0.2) is 28.2 Å². The summed E-state index contributed by atoms with van der Waals surface area (Å²) in [5, 5.41) is 4.06. The largest absolute Gasteiger partial charge is 0.276 e. The van der Waals surface area contributed by atoms with E-state index in [1.54, 1.807) is 24.0 Å². The zero-order chi connectivity index (χ0) is 13.2.